The number of carboxylic acid groups (broad SMARTS) is 1. The number of hydrogen-bond donors (Lipinski definition) is 1. The quantitative estimate of drug-likeness (QED) is 0.656. The molecule has 0 aliphatic rings. The number of nitrogens with zero attached hydrogens (tertiary/aromatic N) is 2. The predicted octanol–water partition coefficient (Wildman–Crippen LogP) is 1.92. The number of benzene rings is 1. The average Bonchev–Trinajstić information content (AvgIpc) is 2.39. The van der Waals surface area contributed by atoms with E-state index in [1.54, 1.807) is 6.92 Å². The van der Waals surface area contributed by atoms with E-state index in [4.69, 9.17) is 0 Å². The first-order chi connectivity index (χ1) is 9.21. The monoisotopic (exact) mass is 280 g/mol. The van der Waals surface area contributed by atoms with Gasteiger partial charge in [0, 0.05) is 24.2 Å². The van der Waals surface area contributed by atoms with E-state index >= 15 is 0 Å². The number of carboxylic acids is 1. The van der Waals surface area contributed by atoms with Gasteiger partial charge in [0.15, 0.2) is 0 Å². The number of carbonyl (C=O) groups is 2. The van der Waals surface area contributed by atoms with E-state index in [0.717, 1.165) is 11.0 Å². The molecule has 0 aliphatic heterocycles. The summed E-state index contributed by atoms with van der Waals surface area (Å²) in [5.41, 5.74) is -1.51. The summed E-state index contributed by atoms with van der Waals surface area (Å²) < 4.78 is 0. The summed E-state index contributed by atoms with van der Waals surface area (Å²) in [6.45, 7) is 4.66. The Hall–Kier alpha value is -2.44. The number of likely N-dealkylation sites (N-methyl/N-ethyl adjacent to an activating group) is 1. The highest BCUT2D eigenvalue weighted by molar-refractivity contribution is 5.98. The van der Waals surface area contributed by atoms with Crippen LogP contribution in [0.5, 0.6) is 0 Å². The fourth-order valence-electron chi connectivity index (χ4n) is 1.82. The van der Waals surface area contributed by atoms with E-state index in [-0.39, 0.29) is 17.8 Å². The van der Waals surface area contributed by atoms with Crippen LogP contribution in [-0.2, 0) is 4.79 Å². The van der Waals surface area contributed by atoms with E-state index in [0.29, 0.717) is 0 Å². The molecule has 108 valence electrons. The molecule has 7 nitrogen and oxygen atoms in total. The van der Waals surface area contributed by atoms with Gasteiger partial charge < -0.3 is 10.0 Å². The van der Waals surface area contributed by atoms with Crippen LogP contribution >= 0.6 is 0 Å². The minimum Gasteiger partial charge on any atom is -0.480 e. The minimum atomic E-state index is -1.39. The molecule has 0 saturated carbocycles. The van der Waals surface area contributed by atoms with Crippen molar-refractivity contribution in [1.29, 1.82) is 0 Å². The first-order valence-electron chi connectivity index (χ1n) is 6.01. The molecule has 1 aromatic rings. The standard InChI is InChI=1S/C13H16N2O5/c1-4-14(13(2,3)12(17)18)11(16)9-6-5-7-10(8-9)15(19)20/h5-8H,4H2,1-3H3,(H,17,18). The van der Waals surface area contributed by atoms with Crippen molar-refractivity contribution in [1.82, 2.24) is 4.90 Å². The lowest BCUT2D eigenvalue weighted by Crippen LogP contribution is -2.52. The second kappa shape index (κ2) is 5.68. The number of hydrogen-bond acceptors (Lipinski definition) is 4. The van der Waals surface area contributed by atoms with Crippen LogP contribution in [0.15, 0.2) is 24.3 Å². The third kappa shape index (κ3) is 2.93. The van der Waals surface area contributed by atoms with Gasteiger partial charge in [-0.25, -0.2) is 4.79 Å². The highest BCUT2D eigenvalue weighted by atomic mass is 16.6. The van der Waals surface area contributed by atoms with Crippen LogP contribution in [0.3, 0.4) is 0 Å². The van der Waals surface area contributed by atoms with Crippen LogP contribution in [0.1, 0.15) is 31.1 Å². The molecule has 0 heterocycles. The van der Waals surface area contributed by atoms with Crippen molar-refractivity contribution in [3.63, 3.8) is 0 Å². The van der Waals surface area contributed by atoms with Gasteiger partial charge >= 0.3 is 5.97 Å². The predicted molar refractivity (Wildman–Crippen MR) is 71.5 cm³/mol. The second-order valence-electron chi connectivity index (χ2n) is 4.72. The van der Waals surface area contributed by atoms with Gasteiger partial charge in [-0.05, 0) is 26.8 Å². The van der Waals surface area contributed by atoms with Crippen molar-refractivity contribution in [3.8, 4) is 0 Å². The molecule has 1 rings (SSSR count). The molecule has 1 N–H and O–H groups in total. The maximum Gasteiger partial charge on any atom is 0.329 e. The third-order valence-electron chi connectivity index (χ3n) is 3.06. The average molecular weight is 280 g/mol. The van der Waals surface area contributed by atoms with E-state index in [9.17, 15) is 24.8 Å². The summed E-state index contributed by atoms with van der Waals surface area (Å²) in [6.07, 6.45) is 0. The van der Waals surface area contributed by atoms with Gasteiger partial charge in [-0.15, -0.1) is 0 Å². The number of non-ortho nitro benzene ring substituents is 1. The Bertz CT molecular complexity index is 553. The van der Waals surface area contributed by atoms with Gasteiger partial charge in [0.2, 0.25) is 0 Å². The van der Waals surface area contributed by atoms with E-state index in [1.165, 1.54) is 32.0 Å². The van der Waals surface area contributed by atoms with Crippen LogP contribution in [0.4, 0.5) is 5.69 Å². The first-order valence-corrected chi connectivity index (χ1v) is 6.01. The zero-order chi connectivity index (χ0) is 15.5. The molecule has 20 heavy (non-hydrogen) atoms. The Morgan fingerprint density at radius 2 is 2.00 bits per heavy atom. The van der Waals surface area contributed by atoms with Gasteiger partial charge in [-0.2, -0.15) is 0 Å². The van der Waals surface area contributed by atoms with Gasteiger partial charge in [-0.1, -0.05) is 6.07 Å². The van der Waals surface area contributed by atoms with Crippen molar-refractivity contribution in [3.05, 3.63) is 39.9 Å². The molecule has 0 bridgehead atoms. The number of carbonyl (C=O) groups excluding carboxylic acids is 1. The number of rotatable bonds is 5. The van der Waals surface area contributed by atoms with Crippen molar-refractivity contribution in [2.45, 2.75) is 26.3 Å². The Kier molecular flexibility index (Phi) is 4.44. The maximum absolute atomic E-state index is 12.3. The lowest BCUT2D eigenvalue weighted by atomic mass is 10.0. The van der Waals surface area contributed by atoms with Crippen LogP contribution in [-0.4, -0.2) is 38.9 Å². The molecule has 1 aromatic carbocycles. The normalized spacial score (nSPS) is 10.9. The summed E-state index contributed by atoms with van der Waals surface area (Å²) >= 11 is 0. The molecule has 1 amide bonds. The van der Waals surface area contributed by atoms with Crippen molar-refractivity contribution >= 4 is 17.6 Å². The molecule has 0 aliphatic carbocycles. The summed E-state index contributed by atoms with van der Waals surface area (Å²) in [6, 6.07) is 5.24. The lowest BCUT2D eigenvalue weighted by molar-refractivity contribution is -0.384. The van der Waals surface area contributed by atoms with Gasteiger partial charge in [0.1, 0.15) is 5.54 Å². The Balaban J connectivity index is 3.18. The molecule has 0 radical (unpaired) electrons. The van der Waals surface area contributed by atoms with E-state index < -0.39 is 22.3 Å². The fourth-order valence-corrected chi connectivity index (χ4v) is 1.82. The van der Waals surface area contributed by atoms with Crippen LogP contribution in [0, 0.1) is 10.1 Å². The Morgan fingerprint density at radius 1 is 1.40 bits per heavy atom. The zero-order valence-electron chi connectivity index (χ0n) is 11.5. The molecule has 0 atom stereocenters. The lowest BCUT2D eigenvalue weighted by Gasteiger charge is -2.34. The van der Waals surface area contributed by atoms with Crippen LogP contribution in [0.25, 0.3) is 0 Å². The third-order valence-corrected chi connectivity index (χ3v) is 3.06. The molecule has 0 saturated heterocycles. The highest BCUT2D eigenvalue weighted by Gasteiger charge is 2.37. The smallest absolute Gasteiger partial charge is 0.329 e. The molecule has 0 aromatic heterocycles. The first kappa shape index (κ1) is 15.6. The second-order valence-corrected chi connectivity index (χ2v) is 4.72. The molecule has 7 heteroatoms. The van der Waals surface area contributed by atoms with Gasteiger partial charge in [0.05, 0.1) is 4.92 Å². The fraction of sp³-hybridized carbons (Fsp3) is 0.385. The van der Waals surface area contributed by atoms with E-state index in [1.807, 2.05) is 0 Å². The van der Waals surface area contributed by atoms with Crippen LogP contribution < -0.4 is 0 Å². The molecular weight excluding hydrogens is 264 g/mol. The number of nitro groups is 1. The number of aliphatic carboxylic acids is 1. The van der Waals surface area contributed by atoms with Crippen molar-refractivity contribution < 1.29 is 19.6 Å². The summed E-state index contributed by atoms with van der Waals surface area (Å²) in [4.78, 5) is 34.8. The zero-order valence-corrected chi connectivity index (χ0v) is 11.5. The number of nitro benzene ring substituents is 1. The highest BCUT2D eigenvalue weighted by Crippen LogP contribution is 2.20. The van der Waals surface area contributed by atoms with E-state index in [2.05, 4.69) is 0 Å². The van der Waals surface area contributed by atoms with Crippen LogP contribution in [0.2, 0.25) is 0 Å². The largest absolute Gasteiger partial charge is 0.480 e. The van der Waals surface area contributed by atoms with Gasteiger partial charge in [0.25, 0.3) is 11.6 Å². The number of amides is 1. The Labute approximate surface area is 116 Å². The molecule has 0 spiro atoms. The molecule has 0 fully saturated rings. The maximum atomic E-state index is 12.3. The summed E-state index contributed by atoms with van der Waals surface area (Å²) in [5.74, 6) is -1.69. The van der Waals surface area contributed by atoms with Gasteiger partial charge in [-0.3, -0.25) is 14.9 Å². The Morgan fingerprint density at radius 3 is 2.45 bits per heavy atom. The van der Waals surface area contributed by atoms with Crippen molar-refractivity contribution in [2.75, 3.05) is 6.54 Å². The molecular formula is C13H16N2O5. The topological polar surface area (TPSA) is 101 Å². The summed E-state index contributed by atoms with van der Waals surface area (Å²) in [5, 5.41) is 19.9. The summed E-state index contributed by atoms with van der Waals surface area (Å²) in [7, 11) is 0. The SMILES string of the molecule is CCN(C(=O)c1cccc([N+](=O)[O-])c1)C(C)(C)C(=O)O. The molecule has 0 unspecified atom stereocenters. The van der Waals surface area contributed by atoms with Crippen molar-refractivity contribution in [2.24, 2.45) is 0 Å². The minimum absolute atomic E-state index is 0.0929.